The van der Waals surface area contributed by atoms with Gasteiger partial charge in [0.1, 0.15) is 18.0 Å². The molecule has 4 unspecified atom stereocenters. The van der Waals surface area contributed by atoms with Crippen LogP contribution >= 0.6 is 0 Å². The fourth-order valence-corrected chi connectivity index (χ4v) is 6.54. The summed E-state index contributed by atoms with van der Waals surface area (Å²) in [5.74, 6) is -0.225. The first-order valence-electron chi connectivity index (χ1n) is 19.3. The molecule has 5 aromatic rings. The lowest BCUT2D eigenvalue weighted by Crippen LogP contribution is -2.30. The first-order valence-corrected chi connectivity index (χ1v) is 19.3. The van der Waals surface area contributed by atoms with Gasteiger partial charge in [-0.05, 0) is 72.9 Å². The van der Waals surface area contributed by atoms with Crippen LogP contribution in [-0.2, 0) is 41.6 Å². The number of hydrogen-bond donors (Lipinski definition) is 2. The number of ether oxygens (including phenoxy) is 6. The third-order valence-corrected chi connectivity index (χ3v) is 9.85. The molecule has 8 nitrogen and oxygen atoms in total. The maximum absolute atomic E-state index is 13.0. The van der Waals surface area contributed by atoms with E-state index in [2.05, 4.69) is 122 Å². The van der Waals surface area contributed by atoms with Gasteiger partial charge in [0.25, 0.3) is 0 Å². The molecule has 308 valence electrons. The minimum Gasteiger partial charge on any atom is -0.374 e. The van der Waals surface area contributed by atoms with E-state index < -0.39 is 0 Å². The van der Waals surface area contributed by atoms with Crippen LogP contribution in [0.5, 0.6) is 0 Å². The van der Waals surface area contributed by atoms with E-state index in [9.17, 15) is 4.39 Å². The van der Waals surface area contributed by atoms with Crippen molar-refractivity contribution in [3.8, 4) is 0 Å². The Kier molecular flexibility index (Phi) is 18.7. The van der Waals surface area contributed by atoms with Crippen LogP contribution in [0, 0.1) is 19.7 Å². The highest BCUT2D eigenvalue weighted by atomic mass is 19.1. The second kappa shape index (κ2) is 23.4. The number of fused-ring (bicyclic) bond motifs is 1. The average Bonchev–Trinajstić information content (AvgIpc) is 3.87. The summed E-state index contributed by atoms with van der Waals surface area (Å²) in [4.78, 5) is 0. The lowest BCUT2D eigenvalue weighted by Gasteiger charge is -2.19. The molecule has 2 saturated heterocycles. The Balaban J connectivity index is 0.000000246. The Morgan fingerprint density at radius 1 is 0.614 bits per heavy atom. The van der Waals surface area contributed by atoms with E-state index in [1.54, 1.807) is 12.1 Å². The number of hydrogen-bond acceptors (Lipinski definition) is 8. The molecule has 2 aliphatic rings. The molecule has 0 bridgehead atoms. The van der Waals surface area contributed by atoms with Gasteiger partial charge < -0.3 is 39.1 Å². The van der Waals surface area contributed by atoms with Gasteiger partial charge in [0.2, 0.25) is 0 Å². The van der Waals surface area contributed by atoms with Crippen LogP contribution in [0.1, 0.15) is 74.2 Å². The Morgan fingerprint density at radius 2 is 1.11 bits per heavy atom. The molecule has 2 fully saturated rings. The molecule has 0 saturated carbocycles. The predicted octanol–water partition coefficient (Wildman–Crippen LogP) is 9.77. The van der Waals surface area contributed by atoms with Crippen LogP contribution in [0.15, 0.2) is 115 Å². The van der Waals surface area contributed by atoms with Crippen LogP contribution in [0.2, 0.25) is 0 Å². The number of nitrogens with one attached hydrogen (secondary N) is 2. The zero-order chi connectivity index (χ0) is 38.4. The summed E-state index contributed by atoms with van der Waals surface area (Å²) in [7, 11) is 0. The van der Waals surface area contributed by atoms with E-state index in [4.69, 9.17) is 28.4 Å². The quantitative estimate of drug-likeness (QED) is 0.103. The summed E-state index contributed by atoms with van der Waals surface area (Å²) in [6.45, 7) is 12.9. The summed E-state index contributed by atoms with van der Waals surface area (Å²) in [5, 5.41) is 9.45. The Morgan fingerprint density at radius 3 is 1.65 bits per heavy atom. The molecule has 6 atom stereocenters. The first-order chi connectivity index (χ1) is 26.8. The summed E-state index contributed by atoms with van der Waals surface area (Å²) < 4.78 is 47.8. The summed E-state index contributed by atoms with van der Waals surface area (Å²) in [5.41, 5.74) is 7.15. The van der Waals surface area contributed by atoms with Gasteiger partial charge >= 0.3 is 0 Å². The van der Waals surface area contributed by atoms with Gasteiger partial charge in [-0.2, -0.15) is 0 Å². The summed E-state index contributed by atoms with van der Waals surface area (Å²) in [6.07, 6.45) is -0.584. The lowest BCUT2D eigenvalue weighted by molar-refractivity contribution is -0.0711. The molecular formula is C48H63FN2O6. The van der Waals surface area contributed by atoms with Crippen LogP contribution in [0.3, 0.4) is 0 Å². The fraction of sp³-hybridized carbons (Fsp3) is 0.417. The van der Waals surface area contributed by atoms with Gasteiger partial charge in [0.15, 0.2) is 12.6 Å². The molecule has 0 spiro atoms. The van der Waals surface area contributed by atoms with Crippen molar-refractivity contribution in [2.75, 3.05) is 39.5 Å². The molecule has 57 heavy (non-hydrogen) atoms. The van der Waals surface area contributed by atoms with Crippen LogP contribution in [-0.4, -0.2) is 64.3 Å². The molecule has 0 aromatic heterocycles. The highest BCUT2D eigenvalue weighted by molar-refractivity contribution is 5.86. The zero-order valence-corrected chi connectivity index (χ0v) is 32.4. The van der Waals surface area contributed by atoms with Crippen molar-refractivity contribution >= 4 is 10.8 Å². The molecule has 0 aliphatic carbocycles. The molecule has 2 N–H and O–H groups in total. The maximum Gasteiger partial charge on any atom is 0.170 e. The Labute approximate surface area is 340 Å². The normalized spacial score (nSPS) is 19.9. The molecule has 0 amide bonds. The predicted molar refractivity (Wildman–Crippen MR) is 228 cm³/mol. The third kappa shape index (κ3) is 14.4. The second-order valence-electron chi connectivity index (χ2n) is 14.4. The fourth-order valence-electron chi connectivity index (χ4n) is 6.54. The topological polar surface area (TPSA) is 79.4 Å². The largest absolute Gasteiger partial charge is 0.374 e. The zero-order valence-electron chi connectivity index (χ0n) is 32.4. The number of halogens is 1. The molecule has 7 rings (SSSR count). The number of benzene rings is 5. The van der Waals surface area contributed by atoms with Gasteiger partial charge in [0, 0.05) is 25.2 Å². The molecule has 2 heterocycles. The minimum atomic E-state index is -0.286. The van der Waals surface area contributed by atoms with Crippen LogP contribution in [0.4, 0.5) is 4.39 Å². The van der Waals surface area contributed by atoms with Crippen molar-refractivity contribution in [3.05, 3.63) is 154 Å². The van der Waals surface area contributed by atoms with Crippen molar-refractivity contribution in [2.24, 2.45) is 0 Å². The Bertz CT molecular complexity index is 1870. The van der Waals surface area contributed by atoms with E-state index >= 15 is 0 Å². The second-order valence-corrected chi connectivity index (χ2v) is 14.4. The van der Waals surface area contributed by atoms with Gasteiger partial charge in [-0.1, -0.05) is 129 Å². The van der Waals surface area contributed by atoms with Crippen molar-refractivity contribution in [1.82, 2.24) is 10.6 Å². The van der Waals surface area contributed by atoms with Crippen LogP contribution in [0.25, 0.3) is 10.8 Å². The smallest absolute Gasteiger partial charge is 0.170 e. The van der Waals surface area contributed by atoms with Gasteiger partial charge in [-0.15, -0.1) is 0 Å². The molecule has 5 aromatic carbocycles. The summed E-state index contributed by atoms with van der Waals surface area (Å²) >= 11 is 0. The van der Waals surface area contributed by atoms with E-state index in [0.717, 1.165) is 11.1 Å². The standard InChI is InChI=1S/C25H29NO3.C21H26FNO3.2CH4/c1-18-10-12-20(13-11-18)15-27-16-22-17-28-25(29-22)14-26-19(2)23-9-5-7-21-6-3-4-8-24(21)23;1-15-3-5-17(6-4-15)12-24-13-20-14-25-21(26-20)11-23-16(2)18-7-9-19(22)10-8-18;;/h3-13,19,22,25-26H,14-17H2,1-2H3;3-10,16,20-21,23H,11-14H2,1-2H3;2*1H4/t19-,22?,25?;16-,20?,21?;;/m11../s1. The third-order valence-electron chi connectivity index (χ3n) is 9.85. The lowest BCUT2D eigenvalue weighted by atomic mass is 10.00. The van der Waals surface area contributed by atoms with Gasteiger partial charge in [0.05, 0.1) is 39.6 Å². The average molecular weight is 783 g/mol. The minimum absolute atomic E-state index is 0. The van der Waals surface area contributed by atoms with E-state index in [1.165, 1.54) is 45.2 Å². The molecule has 9 heteroatoms. The van der Waals surface area contributed by atoms with E-state index in [-0.39, 0.29) is 57.5 Å². The van der Waals surface area contributed by atoms with Crippen molar-refractivity contribution < 1.29 is 32.8 Å². The monoisotopic (exact) mass is 782 g/mol. The SMILES string of the molecule is C.C.Cc1ccc(COCC2COC(CN[C@H](C)c3ccc(F)cc3)O2)cc1.Cc1ccc(COCC2COC(CN[C@H](C)c3cccc4ccccc34)O2)cc1. The van der Waals surface area contributed by atoms with Crippen molar-refractivity contribution in [2.45, 2.75) is 92.6 Å². The van der Waals surface area contributed by atoms with Crippen molar-refractivity contribution in [3.63, 3.8) is 0 Å². The van der Waals surface area contributed by atoms with Gasteiger partial charge in [-0.3, -0.25) is 0 Å². The molecule has 0 radical (unpaired) electrons. The van der Waals surface area contributed by atoms with E-state index in [1.807, 2.05) is 6.92 Å². The maximum atomic E-state index is 13.0. The van der Waals surface area contributed by atoms with E-state index in [0.29, 0.717) is 52.7 Å². The number of aryl methyl sites for hydroxylation is 2. The number of rotatable bonds is 16. The highest BCUT2D eigenvalue weighted by Gasteiger charge is 2.27. The first kappa shape index (κ1) is 45.7. The highest BCUT2D eigenvalue weighted by Crippen LogP contribution is 2.25. The summed E-state index contributed by atoms with van der Waals surface area (Å²) in [6, 6.07) is 38.5. The molecule has 2 aliphatic heterocycles. The van der Waals surface area contributed by atoms with Crippen LogP contribution < -0.4 is 10.6 Å². The Hall–Kier alpha value is -4.03. The van der Waals surface area contributed by atoms with Gasteiger partial charge in [-0.25, -0.2) is 4.39 Å². The van der Waals surface area contributed by atoms with Crippen molar-refractivity contribution in [1.29, 1.82) is 0 Å². The molecular weight excluding hydrogens is 720 g/mol.